The number of hydrogen-bond donors (Lipinski definition) is 0. The minimum absolute atomic E-state index is 0.114. The summed E-state index contributed by atoms with van der Waals surface area (Å²) in [5.74, 6) is 4.50. The van der Waals surface area contributed by atoms with Crippen LogP contribution < -0.4 is 14.5 Å². The summed E-state index contributed by atoms with van der Waals surface area (Å²) >= 11 is 1.93. The SMILES string of the molecule is CC1Oc2c(C3CC3)cc(C3CN(C(=O)OC(C)(C)C)C3)cc2N(C(=O)OC(C)(C)C)c2ncnc(N3CCSCC3)c21. The molecule has 232 valence electrons. The third-order valence-electron chi connectivity index (χ3n) is 8.02. The fourth-order valence-electron chi connectivity index (χ4n) is 5.84. The Labute approximate surface area is 258 Å². The summed E-state index contributed by atoms with van der Waals surface area (Å²) in [6, 6.07) is 4.25. The Morgan fingerprint density at radius 3 is 2.16 bits per heavy atom. The van der Waals surface area contributed by atoms with Gasteiger partial charge in [0.05, 0.1) is 11.3 Å². The standard InChI is InChI=1S/C32H43N5O5S/c1-19-25-27(35-10-12-43-13-11-35)33-18-34-28(25)37(30(39)42-32(5,6)7)24-15-21(14-23(20-8-9-20)26(24)40-19)22-16-36(17-22)29(38)41-31(2,3)4/h14-15,18-20,22H,8-13,16-17H2,1-7H3. The largest absolute Gasteiger partial charge is 0.483 e. The summed E-state index contributed by atoms with van der Waals surface area (Å²) in [7, 11) is 0. The topological polar surface area (TPSA) is 97.3 Å². The second kappa shape index (κ2) is 11.1. The number of fused-ring (bicyclic) bond motifs is 2. The molecular formula is C32H43N5O5S. The number of benzene rings is 1. The molecule has 4 aliphatic rings. The van der Waals surface area contributed by atoms with Crippen molar-refractivity contribution in [3.63, 3.8) is 0 Å². The lowest BCUT2D eigenvalue weighted by Crippen LogP contribution is -2.50. The Kier molecular flexibility index (Phi) is 7.67. The highest BCUT2D eigenvalue weighted by Crippen LogP contribution is 2.54. The van der Waals surface area contributed by atoms with Gasteiger partial charge in [0.15, 0.2) is 5.82 Å². The van der Waals surface area contributed by atoms with Crippen LogP contribution in [-0.4, -0.2) is 75.9 Å². The molecule has 2 aromatic rings. The van der Waals surface area contributed by atoms with Gasteiger partial charge in [-0.2, -0.15) is 11.8 Å². The summed E-state index contributed by atoms with van der Waals surface area (Å²) in [6.45, 7) is 16.1. The van der Waals surface area contributed by atoms with Crippen molar-refractivity contribution in [1.82, 2.24) is 14.9 Å². The van der Waals surface area contributed by atoms with Crippen LogP contribution in [0.25, 0.3) is 0 Å². The molecule has 0 radical (unpaired) electrons. The molecule has 4 heterocycles. The number of likely N-dealkylation sites (tertiary alicyclic amines) is 1. The number of aromatic nitrogens is 2. The molecule has 6 rings (SSSR count). The zero-order valence-corrected chi connectivity index (χ0v) is 27.1. The van der Waals surface area contributed by atoms with Crippen LogP contribution in [0.5, 0.6) is 5.75 Å². The summed E-state index contributed by atoms with van der Waals surface area (Å²) in [5, 5.41) is 0. The highest BCUT2D eigenvalue weighted by atomic mass is 32.2. The molecular weight excluding hydrogens is 566 g/mol. The van der Waals surface area contributed by atoms with Gasteiger partial charge in [-0.05, 0) is 84.4 Å². The fraction of sp³-hybridized carbons (Fsp3) is 0.625. The van der Waals surface area contributed by atoms with Gasteiger partial charge in [0.2, 0.25) is 0 Å². The third kappa shape index (κ3) is 6.23. The molecule has 1 atom stereocenters. The maximum absolute atomic E-state index is 14.1. The zero-order chi connectivity index (χ0) is 30.7. The molecule has 1 aliphatic carbocycles. The predicted octanol–water partition coefficient (Wildman–Crippen LogP) is 6.77. The molecule has 1 saturated carbocycles. The second-order valence-corrected chi connectivity index (χ2v) is 15.1. The van der Waals surface area contributed by atoms with E-state index in [1.165, 1.54) is 0 Å². The normalized spacial score (nSPS) is 20.8. The molecule has 2 saturated heterocycles. The molecule has 0 spiro atoms. The second-order valence-electron chi connectivity index (χ2n) is 13.9. The molecule has 1 aromatic heterocycles. The van der Waals surface area contributed by atoms with Crippen molar-refractivity contribution >= 4 is 41.3 Å². The molecule has 10 nitrogen and oxygen atoms in total. The van der Waals surface area contributed by atoms with E-state index in [-0.39, 0.29) is 18.1 Å². The van der Waals surface area contributed by atoms with Crippen molar-refractivity contribution in [3.8, 4) is 5.75 Å². The molecule has 3 aliphatic heterocycles. The van der Waals surface area contributed by atoms with Gasteiger partial charge in [0.25, 0.3) is 0 Å². The van der Waals surface area contributed by atoms with Gasteiger partial charge >= 0.3 is 12.2 Å². The van der Waals surface area contributed by atoms with Crippen molar-refractivity contribution in [3.05, 3.63) is 35.2 Å². The maximum Gasteiger partial charge on any atom is 0.420 e. The number of nitrogens with zero attached hydrogens (tertiary/aromatic N) is 5. The zero-order valence-electron chi connectivity index (χ0n) is 26.3. The quantitative estimate of drug-likeness (QED) is 0.373. The van der Waals surface area contributed by atoms with Crippen molar-refractivity contribution in [2.45, 2.75) is 90.4 Å². The maximum atomic E-state index is 14.1. The van der Waals surface area contributed by atoms with Crippen LogP contribution >= 0.6 is 11.8 Å². The van der Waals surface area contributed by atoms with E-state index in [2.05, 4.69) is 11.0 Å². The van der Waals surface area contributed by atoms with Gasteiger partial charge in [-0.3, -0.25) is 0 Å². The van der Waals surface area contributed by atoms with Crippen molar-refractivity contribution in [2.24, 2.45) is 0 Å². The van der Waals surface area contributed by atoms with Gasteiger partial charge in [0.1, 0.15) is 35.2 Å². The first-order valence-corrected chi connectivity index (χ1v) is 16.5. The highest BCUT2D eigenvalue weighted by molar-refractivity contribution is 7.99. The average molecular weight is 610 g/mol. The lowest BCUT2D eigenvalue weighted by Gasteiger charge is -2.40. The van der Waals surface area contributed by atoms with Crippen molar-refractivity contribution < 1.29 is 23.8 Å². The number of thioether (sulfide) groups is 1. The molecule has 43 heavy (non-hydrogen) atoms. The number of rotatable bonds is 3. The molecule has 0 N–H and O–H groups in total. The van der Waals surface area contributed by atoms with E-state index in [4.69, 9.17) is 24.2 Å². The van der Waals surface area contributed by atoms with Crippen molar-refractivity contribution in [1.29, 1.82) is 0 Å². The average Bonchev–Trinajstić information content (AvgIpc) is 3.73. The number of anilines is 3. The molecule has 11 heteroatoms. The Bertz CT molecular complexity index is 1400. The molecule has 3 fully saturated rings. The molecule has 1 aromatic carbocycles. The number of hydrogen-bond acceptors (Lipinski definition) is 9. The number of carbonyl (C=O) groups is 2. The van der Waals surface area contributed by atoms with E-state index in [0.29, 0.717) is 36.3 Å². The van der Waals surface area contributed by atoms with E-state index in [1.807, 2.05) is 66.3 Å². The van der Waals surface area contributed by atoms with E-state index in [1.54, 1.807) is 16.1 Å². The van der Waals surface area contributed by atoms with Gasteiger partial charge in [-0.15, -0.1) is 0 Å². The first-order chi connectivity index (χ1) is 20.3. The smallest absolute Gasteiger partial charge is 0.420 e. The van der Waals surface area contributed by atoms with Crippen LogP contribution in [-0.2, 0) is 9.47 Å². The van der Waals surface area contributed by atoms with Crippen LogP contribution in [0.2, 0.25) is 0 Å². The molecule has 1 unspecified atom stereocenters. The van der Waals surface area contributed by atoms with Crippen LogP contribution in [0.4, 0.5) is 26.9 Å². The minimum Gasteiger partial charge on any atom is -0.483 e. The lowest BCUT2D eigenvalue weighted by atomic mass is 9.89. The Morgan fingerprint density at radius 2 is 1.53 bits per heavy atom. The van der Waals surface area contributed by atoms with Crippen molar-refractivity contribution in [2.75, 3.05) is 47.5 Å². The first-order valence-electron chi connectivity index (χ1n) is 15.3. The van der Waals surface area contributed by atoms with E-state index >= 15 is 0 Å². The van der Waals surface area contributed by atoms with E-state index < -0.39 is 17.3 Å². The Hall–Kier alpha value is -3.21. The highest BCUT2D eigenvalue weighted by Gasteiger charge is 2.42. The number of carbonyl (C=O) groups excluding carboxylic acids is 2. The van der Waals surface area contributed by atoms with Gasteiger partial charge in [-0.1, -0.05) is 6.07 Å². The van der Waals surface area contributed by atoms with Crippen LogP contribution in [0.3, 0.4) is 0 Å². The Morgan fingerprint density at radius 1 is 0.907 bits per heavy atom. The molecule has 0 bridgehead atoms. The van der Waals surface area contributed by atoms with Crippen LogP contribution in [0.1, 0.15) is 95.9 Å². The summed E-state index contributed by atoms with van der Waals surface area (Å²) in [6.07, 6.45) is 2.48. The van der Waals surface area contributed by atoms with E-state index in [9.17, 15) is 9.59 Å². The predicted molar refractivity (Wildman–Crippen MR) is 168 cm³/mol. The number of amides is 2. The Balaban J connectivity index is 1.44. The summed E-state index contributed by atoms with van der Waals surface area (Å²) in [4.78, 5) is 41.9. The summed E-state index contributed by atoms with van der Waals surface area (Å²) < 4.78 is 18.4. The van der Waals surface area contributed by atoms with Gasteiger partial charge < -0.3 is 24.0 Å². The minimum atomic E-state index is -0.713. The van der Waals surface area contributed by atoms with Crippen LogP contribution in [0, 0.1) is 0 Å². The van der Waals surface area contributed by atoms with Gasteiger partial charge in [0, 0.05) is 43.6 Å². The lowest BCUT2D eigenvalue weighted by molar-refractivity contribution is 0.00817. The third-order valence-corrected chi connectivity index (χ3v) is 8.97. The summed E-state index contributed by atoms with van der Waals surface area (Å²) in [5.41, 5.74) is 2.33. The fourth-order valence-corrected chi connectivity index (χ4v) is 6.74. The van der Waals surface area contributed by atoms with Crippen LogP contribution in [0.15, 0.2) is 18.5 Å². The van der Waals surface area contributed by atoms with E-state index in [0.717, 1.165) is 59.9 Å². The number of ether oxygens (including phenoxy) is 3. The first kappa shape index (κ1) is 29.8. The molecule has 2 amide bonds. The monoisotopic (exact) mass is 609 g/mol. The van der Waals surface area contributed by atoms with Gasteiger partial charge in [-0.25, -0.2) is 24.5 Å².